The number of carbonyl (C=O) groups excluding carboxylic acids is 2. The molecule has 5 rings (SSSR count). The number of amides is 2. The number of carbonyl (C=O) groups is 2. The lowest BCUT2D eigenvalue weighted by Crippen LogP contribution is -2.28. The lowest BCUT2D eigenvalue weighted by molar-refractivity contribution is -0.118. The van der Waals surface area contributed by atoms with Crippen molar-refractivity contribution in [3.63, 3.8) is 0 Å². The predicted molar refractivity (Wildman–Crippen MR) is 177 cm³/mol. The van der Waals surface area contributed by atoms with E-state index in [1.165, 1.54) is 11.8 Å². The number of nitrogens with zero attached hydrogens (tertiary/aromatic N) is 2. The standard InChI is InChI=1S/C33H27BrClN3O3S/c1-20-4-10-25(11-5-20)37-33-38(27-13-6-21(2)7-14-27)32(40)30(42-33)17-23-16-24(34)9-15-29(23)41-19-31(39)36-26-12-8-22(3)28(35)18-26/h4-18H,19H2,1-3H3,(H,36,39)/b30-17-,37-33?. The molecular formula is C33H27BrClN3O3S. The summed E-state index contributed by atoms with van der Waals surface area (Å²) in [4.78, 5) is 33.3. The minimum atomic E-state index is -0.333. The molecule has 0 radical (unpaired) electrons. The SMILES string of the molecule is Cc1ccc(N=C2S/C(=C\c3cc(Br)ccc3OCC(=O)Nc3ccc(C)c(Cl)c3)C(=O)N2c2ccc(C)cc2)cc1. The van der Waals surface area contributed by atoms with E-state index in [2.05, 4.69) is 21.2 Å². The van der Waals surface area contributed by atoms with Crippen LogP contribution in [0.1, 0.15) is 22.3 Å². The van der Waals surface area contributed by atoms with Crippen molar-refractivity contribution in [2.24, 2.45) is 4.99 Å². The molecule has 0 saturated carbocycles. The summed E-state index contributed by atoms with van der Waals surface area (Å²) >= 11 is 11.0. The Kier molecular flexibility index (Phi) is 9.16. The van der Waals surface area contributed by atoms with Gasteiger partial charge in [-0.15, -0.1) is 0 Å². The highest BCUT2D eigenvalue weighted by Gasteiger charge is 2.35. The van der Waals surface area contributed by atoms with Crippen LogP contribution < -0.4 is 15.0 Å². The van der Waals surface area contributed by atoms with Crippen molar-refractivity contribution in [2.45, 2.75) is 20.8 Å². The van der Waals surface area contributed by atoms with Gasteiger partial charge in [0, 0.05) is 20.7 Å². The van der Waals surface area contributed by atoms with Crippen LogP contribution >= 0.6 is 39.3 Å². The third-order valence-electron chi connectivity index (χ3n) is 6.43. The van der Waals surface area contributed by atoms with E-state index in [0.717, 1.165) is 32.5 Å². The second kappa shape index (κ2) is 13.0. The summed E-state index contributed by atoms with van der Waals surface area (Å²) in [5.74, 6) is -0.0718. The first-order valence-corrected chi connectivity index (χ1v) is 15.1. The fraction of sp³-hybridized carbons (Fsp3) is 0.121. The Balaban J connectivity index is 1.42. The molecule has 1 saturated heterocycles. The minimum Gasteiger partial charge on any atom is -0.483 e. The Hall–Kier alpha value is -3.85. The van der Waals surface area contributed by atoms with E-state index < -0.39 is 0 Å². The molecule has 0 spiro atoms. The maximum absolute atomic E-state index is 13.8. The molecule has 0 aromatic heterocycles. The van der Waals surface area contributed by atoms with Crippen molar-refractivity contribution < 1.29 is 14.3 Å². The van der Waals surface area contributed by atoms with Gasteiger partial charge in [0.1, 0.15) is 5.75 Å². The molecule has 4 aromatic carbocycles. The number of hydrogen-bond donors (Lipinski definition) is 1. The van der Waals surface area contributed by atoms with Crippen molar-refractivity contribution in [3.8, 4) is 5.75 Å². The molecule has 1 heterocycles. The molecule has 1 fully saturated rings. The van der Waals surface area contributed by atoms with E-state index in [-0.39, 0.29) is 18.4 Å². The first-order valence-electron chi connectivity index (χ1n) is 13.1. The van der Waals surface area contributed by atoms with Crippen molar-refractivity contribution in [2.75, 3.05) is 16.8 Å². The number of rotatable bonds is 7. The number of aliphatic imine (C=N–C) groups is 1. The zero-order chi connectivity index (χ0) is 29.8. The molecule has 6 nitrogen and oxygen atoms in total. The van der Waals surface area contributed by atoms with Crippen molar-refractivity contribution in [1.29, 1.82) is 0 Å². The van der Waals surface area contributed by atoms with E-state index in [1.54, 1.807) is 29.2 Å². The Bertz CT molecular complexity index is 1720. The number of nitrogens with one attached hydrogen (secondary N) is 1. The van der Waals surface area contributed by atoms with Gasteiger partial charge < -0.3 is 10.1 Å². The van der Waals surface area contributed by atoms with E-state index >= 15 is 0 Å². The zero-order valence-corrected chi connectivity index (χ0v) is 26.3. The zero-order valence-electron chi connectivity index (χ0n) is 23.2. The molecule has 0 aliphatic carbocycles. The van der Waals surface area contributed by atoms with Crippen LogP contribution in [0.3, 0.4) is 0 Å². The number of thioether (sulfide) groups is 1. The number of amidine groups is 1. The Morgan fingerprint density at radius 3 is 2.36 bits per heavy atom. The highest BCUT2D eigenvalue weighted by molar-refractivity contribution is 9.10. The fourth-order valence-electron chi connectivity index (χ4n) is 4.12. The molecule has 1 aliphatic heterocycles. The fourth-order valence-corrected chi connectivity index (χ4v) is 5.67. The summed E-state index contributed by atoms with van der Waals surface area (Å²) in [5, 5.41) is 3.92. The molecule has 0 unspecified atom stereocenters. The van der Waals surface area contributed by atoms with Crippen LogP contribution in [0.25, 0.3) is 6.08 Å². The summed E-state index contributed by atoms with van der Waals surface area (Å²) < 4.78 is 6.71. The molecule has 42 heavy (non-hydrogen) atoms. The lowest BCUT2D eigenvalue weighted by Gasteiger charge is -2.16. The third kappa shape index (κ3) is 7.13. The number of benzene rings is 4. The van der Waals surface area contributed by atoms with Gasteiger partial charge in [-0.2, -0.15) is 0 Å². The number of aryl methyl sites for hydroxylation is 3. The maximum atomic E-state index is 13.8. The van der Waals surface area contributed by atoms with E-state index in [1.807, 2.05) is 87.5 Å². The summed E-state index contributed by atoms with van der Waals surface area (Å²) in [6.07, 6.45) is 1.77. The average Bonchev–Trinajstić information content (AvgIpc) is 3.26. The Morgan fingerprint density at radius 1 is 0.976 bits per heavy atom. The predicted octanol–water partition coefficient (Wildman–Crippen LogP) is 8.85. The van der Waals surface area contributed by atoms with Crippen LogP contribution in [0.5, 0.6) is 5.75 Å². The van der Waals surface area contributed by atoms with Crippen molar-refractivity contribution in [1.82, 2.24) is 0 Å². The van der Waals surface area contributed by atoms with Gasteiger partial charge in [0.05, 0.1) is 16.3 Å². The largest absolute Gasteiger partial charge is 0.483 e. The van der Waals surface area contributed by atoms with Crippen molar-refractivity contribution in [3.05, 3.63) is 122 Å². The van der Waals surface area contributed by atoms with Crippen LogP contribution in [0.15, 0.2) is 99.3 Å². The number of halogens is 2. The molecular weight excluding hydrogens is 634 g/mol. The number of ether oxygens (including phenoxy) is 1. The van der Waals surface area contributed by atoms with Gasteiger partial charge in [0.2, 0.25) is 0 Å². The second-order valence-electron chi connectivity index (χ2n) is 9.80. The van der Waals surface area contributed by atoms with Gasteiger partial charge in [-0.05, 0) is 98.8 Å². The molecule has 4 aromatic rings. The molecule has 0 bridgehead atoms. The van der Waals surface area contributed by atoms with Gasteiger partial charge in [0.25, 0.3) is 11.8 Å². The van der Waals surface area contributed by atoms with Crippen LogP contribution in [0.2, 0.25) is 5.02 Å². The molecule has 2 amide bonds. The molecule has 1 N–H and O–H groups in total. The normalized spacial score (nSPS) is 15.0. The highest BCUT2D eigenvalue weighted by Crippen LogP contribution is 2.39. The summed E-state index contributed by atoms with van der Waals surface area (Å²) in [5.41, 5.74) is 5.85. The molecule has 9 heteroatoms. The summed E-state index contributed by atoms with van der Waals surface area (Å²) in [6.45, 7) is 5.69. The maximum Gasteiger partial charge on any atom is 0.271 e. The van der Waals surface area contributed by atoms with E-state index in [4.69, 9.17) is 21.3 Å². The molecule has 1 aliphatic rings. The third-order valence-corrected chi connectivity index (χ3v) is 8.30. The topological polar surface area (TPSA) is 71.0 Å². The minimum absolute atomic E-state index is 0.199. The first kappa shape index (κ1) is 29.6. The highest BCUT2D eigenvalue weighted by atomic mass is 79.9. The summed E-state index contributed by atoms with van der Waals surface area (Å²) in [6, 6.07) is 26.3. The smallest absolute Gasteiger partial charge is 0.271 e. The van der Waals surface area contributed by atoms with E-state index in [0.29, 0.717) is 32.1 Å². The summed E-state index contributed by atoms with van der Waals surface area (Å²) in [7, 11) is 0. The quantitative estimate of drug-likeness (QED) is 0.201. The van der Waals surface area contributed by atoms with Crippen LogP contribution in [-0.2, 0) is 9.59 Å². The van der Waals surface area contributed by atoms with Gasteiger partial charge in [-0.3, -0.25) is 14.5 Å². The average molecular weight is 661 g/mol. The Morgan fingerprint density at radius 2 is 1.67 bits per heavy atom. The van der Waals surface area contributed by atoms with Crippen LogP contribution in [0.4, 0.5) is 17.1 Å². The van der Waals surface area contributed by atoms with Crippen LogP contribution in [-0.4, -0.2) is 23.6 Å². The lowest BCUT2D eigenvalue weighted by atomic mass is 10.1. The second-order valence-corrected chi connectivity index (χ2v) is 12.1. The van der Waals surface area contributed by atoms with Gasteiger partial charge in [-0.1, -0.05) is 69.0 Å². The van der Waals surface area contributed by atoms with Gasteiger partial charge in [0.15, 0.2) is 11.8 Å². The molecule has 212 valence electrons. The monoisotopic (exact) mass is 659 g/mol. The van der Waals surface area contributed by atoms with E-state index in [9.17, 15) is 9.59 Å². The number of hydrogen-bond acceptors (Lipinski definition) is 5. The Labute approximate surface area is 262 Å². The van der Waals surface area contributed by atoms with Gasteiger partial charge >= 0.3 is 0 Å². The molecule has 0 atom stereocenters. The number of anilines is 2. The van der Waals surface area contributed by atoms with Crippen molar-refractivity contribution >= 4 is 79.4 Å². The first-order chi connectivity index (χ1) is 20.2. The van der Waals surface area contributed by atoms with Gasteiger partial charge in [-0.25, -0.2) is 4.99 Å². The van der Waals surface area contributed by atoms with Crippen LogP contribution in [0, 0.1) is 20.8 Å².